The van der Waals surface area contributed by atoms with E-state index in [2.05, 4.69) is 27.5 Å². The third-order valence-electron chi connectivity index (χ3n) is 3.98. The van der Waals surface area contributed by atoms with Crippen LogP contribution in [0.1, 0.15) is 37.7 Å². The van der Waals surface area contributed by atoms with Crippen LogP contribution in [0.25, 0.3) is 0 Å². The molecule has 0 heterocycles. The van der Waals surface area contributed by atoms with Gasteiger partial charge in [-0.2, -0.15) is 11.8 Å². The Labute approximate surface area is 127 Å². The maximum Gasteiger partial charge on any atom is 0.128 e. The first kappa shape index (κ1) is 15.3. The predicted octanol–water partition coefficient (Wildman–Crippen LogP) is 4.74. The van der Waals surface area contributed by atoms with Crippen molar-refractivity contribution in [2.75, 3.05) is 12.8 Å². The standard InChI is InChI=1S/C15H21BrFNS/c1-19-15(7-3-2-4-8-15)11-18-10-12-5-6-13(16)9-14(12)17/h5-6,9,18H,2-4,7-8,10-11H2,1H3. The van der Waals surface area contributed by atoms with Crippen LogP contribution in [0.2, 0.25) is 0 Å². The highest BCUT2D eigenvalue weighted by Crippen LogP contribution is 2.38. The third kappa shape index (κ3) is 4.20. The molecule has 1 nitrogen and oxygen atoms in total. The van der Waals surface area contributed by atoms with E-state index in [0.717, 1.165) is 16.6 Å². The SMILES string of the molecule is CSC1(CNCc2ccc(Br)cc2F)CCCCC1. The zero-order valence-corrected chi connectivity index (χ0v) is 13.7. The normalized spacial score (nSPS) is 18.5. The lowest BCUT2D eigenvalue weighted by molar-refractivity contribution is 0.378. The van der Waals surface area contributed by atoms with E-state index in [4.69, 9.17) is 0 Å². The fourth-order valence-electron chi connectivity index (χ4n) is 2.74. The summed E-state index contributed by atoms with van der Waals surface area (Å²) in [4.78, 5) is 0. The van der Waals surface area contributed by atoms with E-state index < -0.39 is 0 Å². The Morgan fingerprint density at radius 2 is 2.05 bits per heavy atom. The van der Waals surface area contributed by atoms with Crippen LogP contribution >= 0.6 is 27.7 Å². The van der Waals surface area contributed by atoms with Gasteiger partial charge in [-0.05, 0) is 31.2 Å². The largest absolute Gasteiger partial charge is 0.311 e. The minimum Gasteiger partial charge on any atom is -0.311 e. The predicted molar refractivity (Wildman–Crippen MR) is 85.1 cm³/mol. The third-order valence-corrected chi connectivity index (χ3v) is 5.89. The molecule has 0 unspecified atom stereocenters. The fraction of sp³-hybridized carbons (Fsp3) is 0.600. The van der Waals surface area contributed by atoms with Crippen LogP contribution < -0.4 is 5.32 Å². The van der Waals surface area contributed by atoms with Crippen molar-refractivity contribution >= 4 is 27.7 Å². The van der Waals surface area contributed by atoms with Crippen LogP contribution in [0.15, 0.2) is 22.7 Å². The average Bonchev–Trinajstić information content (AvgIpc) is 2.42. The molecule has 106 valence electrons. The molecule has 1 N–H and O–H groups in total. The molecule has 19 heavy (non-hydrogen) atoms. The smallest absolute Gasteiger partial charge is 0.128 e. The second-order valence-corrected chi connectivity index (χ2v) is 7.48. The van der Waals surface area contributed by atoms with Gasteiger partial charge < -0.3 is 5.32 Å². The Bertz CT molecular complexity index is 419. The lowest BCUT2D eigenvalue weighted by Crippen LogP contribution is -2.39. The number of benzene rings is 1. The first-order valence-corrected chi connectivity index (χ1v) is 8.87. The summed E-state index contributed by atoms with van der Waals surface area (Å²) in [5.41, 5.74) is 0.746. The van der Waals surface area contributed by atoms with Gasteiger partial charge in [0.05, 0.1) is 0 Å². The van der Waals surface area contributed by atoms with Gasteiger partial charge in [-0.25, -0.2) is 4.39 Å². The highest BCUT2D eigenvalue weighted by atomic mass is 79.9. The molecule has 0 spiro atoms. The summed E-state index contributed by atoms with van der Waals surface area (Å²) in [6.07, 6.45) is 8.79. The first-order chi connectivity index (χ1) is 9.15. The molecule has 0 atom stereocenters. The van der Waals surface area contributed by atoms with Crippen molar-refractivity contribution in [3.05, 3.63) is 34.1 Å². The zero-order chi connectivity index (χ0) is 13.7. The quantitative estimate of drug-likeness (QED) is 0.826. The molecule has 0 radical (unpaired) electrons. The van der Waals surface area contributed by atoms with Crippen LogP contribution in [-0.2, 0) is 6.54 Å². The highest BCUT2D eigenvalue weighted by Gasteiger charge is 2.30. The van der Waals surface area contributed by atoms with E-state index in [9.17, 15) is 4.39 Å². The molecule has 4 heteroatoms. The Morgan fingerprint density at radius 3 is 2.68 bits per heavy atom. The van der Waals surface area contributed by atoms with Gasteiger partial charge in [0.2, 0.25) is 0 Å². The molecule has 1 aromatic rings. The molecule has 1 saturated carbocycles. The summed E-state index contributed by atoms with van der Waals surface area (Å²) in [5, 5.41) is 3.45. The van der Waals surface area contributed by atoms with E-state index in [0.29, 0.717) is 11.3 Å². The Kier molecular flexibility index (Phi) is 5.72. The summed E-state index contributed by atoms with van der Waals surface area (Å²) >= 11 is 5.25. The Morgan fingerprint density at radius 1 is 1.32 bits per heavy atom. The Hall–Kier alpha value is -0.0600. The minimum atomic E-state index is -0.135. The topological polar surface area (TPSA) is 12.0 Å². The van der Waals surface area contributed by atoms with Crippen LogP contribution in [0.4, 0.5) is 4.39 Å². The maximum atomic E-state index is 13.7. The van der Waals surface area contributed by atoms with Gasteiger partial charge >= 0.3 is 0 Å². The summed E-state index contributed by atoms with van der Waals surface area (Å²) < 4.78 is 14.9. The van der Waals surface area contributed by atoms with Crippen molar-refractivity contribution in [3.63, 3.8) is 0 Å². The molecule has 0 saturated heterocycles. The van der Waals surface area contributed by atoms with Crippen LogP contribution in [0.3, 0.4) is 0 Å². The Balaban J connectivity index is 1.88. The monoisotopic (exact) mass is 345 g/mol. The van der Waals surface area contributed by atoms with Crippen molar-refractivity contribution in [1.82, 2.24) is 5.32 Å². The van der Waals surface area contributed by atoms with Gasteiger partial charge in [0.1, 0.15) is 5.82 Å². The number of halogens is 2. The number of rotatable bonds is 5. The summed E-state index contributed by atoms with van der Waals surface area (Å²) in [6.45, 7) is 1.59. The second kappa shape index (κ2) is 7.09. The van der Waals surface area contributed by atoms with Gasteiger partial charge in [0.15, 0.2) is 0 Å². The molecule has 1 aliphatic carbocycles. The van der Waals surface area contributed by atoms with Crippen LogP contribution in [0.5, 0.6) is 0 Å². The highest BCUT2D eigenvalue weighted by molar-refractivity contribution is 9.10. The van der Waals surface area contributed by atoms with Gasteiger partial charge in [-0.1, -0.05) is 41.3 Å². The fourth-order valence-corrected chi connectivity index (χ4v) is 4.02. The van der Waals surface area contributed by atoms with E-state index >= 15 is 0 Å². The number of hydrogen-bond donors (Lipinski definition) is 1. The summed E-state index contributed by atoms with van der Waals surface area (Å²) in [6, 6.07) is 5.27. The number of thioether (sulfide) groups is 1. The van der Waals surface area contributed by atoms with Gasteiger partial charge in [-0.15, -0.1) is 0 Å². The molecular formula is C15H21BrFNS. The van der Waals surface area contributed by atoms with Crippen LogP contribution in [-0.4, -0.2) is 17.5 Å². The molecule has 0 aromatic heterocycles. The molecule has 1 aliphatic rings. The average molecular weight is 346 g/mol. The van der Waals surface area contributed by atoms with Crippen molar-refractivity contribution in [1.29, 1.82) is 0 Å². The van der Waals surface area contributed by atoms with Gasteiger partial charge in [0, 0.05) is 27.9 Å². The van der Waals surface area contributed by atoms with Crippen molar-refractivity contribution in [3.8, 4) is 0 Å². The first-order valence-electron chi connectivity index (χ1n) is 6.85. The lowest BCUT2D eigenvalue weighted by Gasteiger charge is -2.36. The van der Waals surface area contributed by atoms with Crippen molar-refractivity contribution in [2.24, 2.45) is 0 Å². The molecule has 1 fully saturated rings. The molecule has 0 amide bonds. The molecular weight excluding hydrogens is 325 g/mol. The molecule has 0 aliphatic heterocycles. The number of hydrogen-bond acceptors (Lipinski definition) is 2. The van der Waals surface area contributed by atoms with Crippen molar-refractivity contribution < 1.29 is 4.39 Å². The van der Waals surface area contributed by atoms with E-state index in [1.54, 1.807) is 0 Å². The molecule has 1 aromatic carbocycles. The van der Waals surface area contributed by atoms with E-state index in [1.165, 1.54) is 38.2 Å². The summed E-state index contributed by atoms with van der Waals surface area (Å²) in [5.74, 6) is -0.135. The van der Waals surface area contributed by atoms with Crippen molar-refractivity contribution in [2.45, 2.75) is 43.4 Å². The molecule has 2 rings (SSSR count). The second-order valence-electron chi connectivity index (χ2n) is 5.29. The minimum absolute atomic E-state index is 0.135. The maximum absolute atomic E-state index is 13.7. The summed E-state index contributed by atoms with van der Waals surface area (Å²) in [7, 11) is 0. The number of nitrogens with one attached hydrogen (secondary N) is 1. The van der Waals surface area contributed by atoms with E-state index in [1.807, 2.05) is 23.9 Å². The zero-order valence-electron chi connectivity index (χ0n) is 11.3. The van der Waals surface area contributed by atoms with E-state index in [-0.39, 0.29) is 5.82 Å². The molecule has 0 bridgehead atoms. The lowest BCUT2D eigenvalue weighted by atomic mass is 9.88. The van der Waals surface area contributed by atoms with Gasteiger partial charge in [-0.3, -0.25) is 0 Å². The van der Waals surface area contributed by atoms with Gasteiger partial charge in [0.25, 0.3) is 0 Å². The van der Waals surface area contributed by atoms with Crippen LogP contribution in [0, 0.1) is 5.82 Å².